The lowest BCUT2D eigenvalue weighted by Gasteiger charge is -2.24. The Balaban J connectivity index is 1.70. The zero-order valence-electron chi connectivity index (χ0n) is 17.3. The van der Waals surface area contributed by atoms with Gasteiger partial charge in [0.25, 0.3) is 0 Å². The fraction of sp³-hybridized carbons (Fsp3) is 0.364. The molecule has 154 valence electrons. The number of ether oxygens (including phenoxy) is 2. The zero-order valence-corrected chi connectivity index (χ0v) is 17.3. The van der Waals surface area contributed by atoms with E-state index in [1.54, 1.807) is 17.7 Å². The van der Waals surface area contributed by atoms with Crippen molar-refractivity contribution < 1.29 is 14.3 Å². The van der Waals surface area contributed by atoms with Crippen molar-refractivity contribution in [1.29, 1.82) is 0 Å². The number of aromatic amines is 1. The number of nitrogens with zero attached hydrogens (tertiary/aromatic N) is 2. The molecule has 2 aromatic carbocycles. The van der Waals surface area contributed by atoms with E-state index in [2.05, 4.69) is 4.98 Å². The minimum Gasteiger partial charge on any atom is -0.489 e. The molecule has 3 aromatic rings. The second kappa shape index (κ2) is 8.43. The van der Waals surface area contributed by atoms with E-state index in [9.17, 15) is 9.59 Å². The van der Waals surface area contributed by atoms with Crippen LogP contribution in [-0.2, 0) is 11.3 Å². The van der Waals surface area contributed by atoms with Gasteiger partial charge in [-0.1, -0.05) is 36.4 Å². The van der Waals surface area contributed by atoms with Gasteiger partial charge in [0.15, 0.2) is 0 Å². The normalized spacial score (nSPS) is 11.4. The largest absolute Gasteiger partial charge is 0.489 e. The highest BCUT2D eigenvalue weighted by Crippen LogP contribution is 2.23. The van der Waals surface area contributed by atoms with E-state index >= 15 is 0 Å². The SMILES string of the molecule is CN(CCOc1cccc2c1[nH]c(=O)n2Cc1ccccc1)C(=O)OC(C)(C)C. The molecule has 29 heavy (non-hydrogen) atoms. The number of likely N-dealkylation sites (N-methyl/N-ethyl adjacent to an activating group) is 1. The molecule has 0 saturated heterocycles. The average Bonchev–Trinajstić information content (AvgIpc) is 2.97. The summed E-state index contributed by atoms with van der Waals surface area (Å²) in [5.74, 6) is 0.573. The predicted molar refractivity (Wildman–Crippen MR) is 112 cm³/mol. The maximum absolute atomic E-state index is 12.5. The summed E-state index contributed by atoms with van der Waals surface area (Å²) in [6, 6.07) is 15.4. The van der Waals surface area contributed by atoms with Crippen LogP contribution in [-0.4, -0.2) is 46.3 Å². The zero-order chi connectivity index (χ0) is 21.0. The molecule has 7 nitrogen and oxygen atoms in total. The van der Waals surface area contributed by atoms with Crippen LogP contribution in [0.2, 0.25) is 0 Å². The van der Waals surface area contributed by atoms with E-state index in [4.69, 9.17) is 9.47 Å². The number of rotatable bonds is 6. The second-order valence-corrected chi connectivity index (χ2v) is 7.90. The quantitative estimate of drug-likeness (QED) is 0.689. The van der Waals surface area contributed by atoms with Gasteiger partial charge >= 0.3 is 11.8 Å². The molecule has 1 N–H and O–H groups in total. The topological polar surface area (TPSA) is 76.6 Å². The predicted octanol–water partition coefficient (Wildman–Crippen LogP) is 3.62. The molecule has 0 bridgehead atoms. The lowest BCUT2D eigenvalue weighted by Crippen LogP contribution is -2.36. The number of imidazole rings is 1. The Morgan fingerprint density at radius 2 is 1.83 bits per heavy atom. The third-order valence-corrected chi connectivity index (χ3v) is 4.35. The van der Waals surface area contributed by atoms with E-state index in [1.807, 2.05) is 63.2 Å². The number of benzene rings is 2. The Bertz CT molecular complexity index is 1030. The van der Waals surface area contributed by atoms with Gasteiger partial charge in [0.1, 0.15) is 23.5 Å². The standard InChI is InChI=1S/C22H27N3O4/c1-22(2,3)29-21(27)24(4)13-14-28-18-12-8-11-17-19(18)23-20(26)25(17)15-16-9-6-5-7-10-16/h5-12H,13-15H2,1-4H3,(H,23,26). The molecular weight excluding hydrogens is 370 g/mol. The molecular formula is C22H27N3O4. The molecule has 0 spiro atoms. The van der Waals surface area contributed by atoms with Crippen LogP contribution in [0, 0.1) is 0 Å². The molecule has 1 heterocycles. The van der Waals surface area contributed by atoms with Crippen molar-refractivity contribution in [3.05, 3.63) is 64.6 Å². The van der Waals surface area contributed by atoms with Crippen molar-refractivity contribution in [2.75, 3.05) is 20.2 Å². The highest BCUT2D eigenvalue weighted by atomic mass is 16.6. The Morgan fingerprint density at radius 3 is 2.52 bits per heavy atom. The van der Waals surface area contributed by atoms with Crippen LogP contribution >= 0.6 is 0 Å². The summed E-state index contributed by atoms with van der Waals surface area (Å²) in [5.41, 5.74) is 1.73. The first-order valence-electron chi connectivity index (χ1n) is 9.57. The first kappa shape index (κ1) is 20.5. The van der Waals surface area contributed by atoms with Gasteiger partial charge in [-0.25, -0.2) is 9.59 Å². The van der Waals surface area contributed by atoms with Gasteiger partial charge in [0.2, 0.25) is 0 Å². The molecule has 0 fully saturated rings. The fourth-order valence-electron chi connectivity index (χ4n) is 2.92. The van der Waals surface area contributed by atoms with Gasteiger partial charge in [-0.3, -0.25) is 4.57 Å². The number of aromatic nitrogens is 2. The lowest BCUT2D eigenvalue weighted by molar-refractivity contribution is 0.0278. The van der Waals surface area contributed by atoms with Crippen molar-refractivity contribution in [3.8, 4) is 5.75 Å². The van der Waals surface area contributed by atoms with Gasteiger partial charge in [0.05, 0.1) is 18.6 Å². The third-order valence-electron chi connectivity index (χ3n) is 4.35. The number of nitrogens with one attached hydrogen (secondary N) is 1. The molecule has 0 unspecified atom stereocenters. The van der Waals surface area contributed by atoms with Crippen molar-refractivity contribution in [2.24, 2.45) is 0 Å². The van der Waals surface area contributed by atoms with Gasteiger partial charge in [-0.2, -0.15) is 0 Å². The van der Waals surface area contributed by atoms with E-state index in [1.165, 1.54) is 4.90 Å². The Morgan fingerprint density at radius 1 is 1.10 bits per heavy atom. The molecule has 1 aromatic heterocycles. The van der Waals surface area contributed by atoms with Crippen LogP contribution in [0.25, 0.3) is 11.0 Å². The smallest absolute Gasteiger partial charge is 0.410 e. The van der Waals surface area contributed by atoms with Crippen molar-refractivity contribution >= 4 is 17.1 Å². The number of H-pyrrole nitrogens is 1. The van der Waals surface area contributed by atoms with Crippen LogP contribution in [0.3, 0.4) is 0 Å². The van der Waals surface area contributed by atoms with Crippen LogP contribution in [0.15, 0.2) is 53.3 Å². The van der Waals surface area contributed by atoms with Crippen LogP contribution in [0.4, 0.5) is 4.79 Å². The second-order valence-electron chi connectivity index (χ2n) is 7.90. The monoisotopic (exact) mass is 397 g/mol. The number of fused-ring (bicyclic) bond motifs is 1. The van der Waals surface area contributed by atoms with Gasteiger partial charge in [-0.05, 0) is 38.5 Å². The van der Waals surface area contributed by atoms with E-state index in [0.29, 0.717) is 24.4 Å². The van der Waals surface area contributed by atoms with E-state index < -0.39 is 11.7 Å². The summed E-state index contributed by atoms with van der Waals surface area (Å²) in [6.45, 7) is 6.59. The highest BCUT2D eigenvalue weighted by molar-refractivity contribution is 5.82. The number of carbonyl (C=O) groups is 1. The maximum atomic E-state index is 12.5. The molecule has 3 rings (SSSR count). The summed E-state index contributed by atoms with van der Waals surface area (Å²) < 4.78 is 12.9. The number of carbonyl (C=O) groups excluding carboxylic acids is 1. The van der Waals surface area contributed by atoms with Crippen LogP contribution in [0.1, 0.15) is 26.3 Å². The Kier molecular flexibility index (Phi) is 5.96. The summed E-state index contributed by atoms with van der Waals surface area (Å²) in [7, 11) is 1.66. The number of amides is 1. The fourth-order valence-corrected chi connectivity index (χ4v) is 2.92. The summed E-state index contributed by atoms with van der Waals surface area (Å²) in [6.07, 6.45) is -0.401. The Labute approximate surface area is 169 Å². The summed E-state index contributed by atoms with van der Waals surface area (Å²) >= 11 is 0. The van der Waals surface area contributed by atoms with Crippen molar-refractivity contribution in [2.45, 2.75) is 32.9 Å². The summed E-state index contributed by atoms with van der Waals surface area (Å²) in [4.78, 5) is 28.9. The first-order valence-corrected chi connectivity index (χ1v) is 9.57. The molecule has 0 atom stereocenters. The molecule has 0 saturated carbocycles. The number of hydrogen-bond acceptors (Lipinski definition) is 4. The minimum absolute atomic E-state index is 0.189. The molecule has 0 radical (unpaired) electrons. The Hall–Kier alpha value is -3.22. The van der Waals surface area contributed by atoms with Crippen LogP contribution in [0.5, 0.6) is 5.75 Å². The molecule has 7 heteroatoms. The molecule has 0 aliphatic heterocycles. The minimum atomic E-state index is -0.543. The van der Waals surface area contributed by atoms with E-state index in [-0.39, 0.29) is 12.3 Å². The first-order chi connectivity index (χ1) is 13.7. The van der Waals surface area contributed by atoms with Gasteiger partial charge in [-0.15, -0.1) is 0 Å². The lowest BCUT2D eigenvalue weighted by atomic mass is 10.2. The molecule has 0 aliphatic rings. The number of para-hydroxylation sites is 1. The van der Waals surface area contributed by atoms with Gasteiger partial charge in [0, 0.05) is 7.05 Å². The maximum Gasteiger partial charge on any atom is 0.410 e. The highest BCUT2D eigenvalue weighted by Gasteiger charge is 2.19. The van der Waals surface area contributed by atoms with Crippen molar-refractivity contribution in [1.82, 2.24) is 14.5 Å². The van der Waals surface area contributed by atoms with Gasteiger partial charge < -0.3 is 19.4 Å². The summed E-state index contributed by atoms with van der Waals surface area (Å²) in [5, 5.41) is 0. The number of hydrogen-bond donors (Lipinski definition) is 1. The molecule has 1 amide bonds. The average molecular weight is 397 g/mol. The van der Waals surface area contributed by atoms with E-state index in [0.717, 1.165) is 11.1 Å². The van der Waals surface area contributed by atoms with Crippen LogP contribution < -0.4 is 10.4 Å². The molecule has 0 aliphatic carbocycles. The third kappa shape index (κ3) is 5.19. The van der Waals surface area contributed by atoms with Crippen molar-refractivity contribution in [3.63, 3.8) is 0 Å².